The van der Waals surface area contributed by atoms with Gasteiger partial charge in [0.1, 0.15) is 6.54 Å². The Morgan fingerprint density at radius 1 is 0.882 bits per heavy atom. The molecule has 3 fully saturated rings. The number of nitrogens with one attached hydrogen (secondary N) is 1. The van der Waals surface area contributed by atoms with E-state index in [0.717, 1.165) is 39.0 Å². The van der Waals surface area contributed by atoms with Crippen LogP contribution in [0.15, 0.2) is 82.6 Å². The van der Waals surface area contributed by atoms with Gasteiger partial charge in [0.2, 0.25) is 17.7 Å². The minimum Gasteiger partial charge on any atom is -0.324 e. The third-order valence-electron chi connectivity index (χ3n) is 11.2. The van der Waals surface area contributed by atoms with Crippen LogP contribution in [0.3, 0.4) is 0 Å². The number of nitrogens with zero attached hydrogens (tertiary/aromatic N) is 2. The first kappa shape index (κ1) is 34.0. The van der Waals surface area contributed by atoms with Gasteiger partial charge in [-0.3, -0.25) is 28.6 Å². The predicted molar refractivity (Wildman–Crippen MR) is 191 cm³/mol. The van der Waals surface area contributed by atoms with Gasteiger partial charge in [0.15, 0.2) is 0 Å². The average Bonchev–Trinajstić information content (AvgIpc) is 3.79. The van der Waals surface area contributed by atoms with E-state index in [1.165, 1.54) is 39.4 Å². The van der Waals surface area contributed by atoms with Crippen molar-refractivity contribution >= 4 is 52.2 Å². The Bertz CT molecular complexity index is 2130. The number of hydrogen-bond donors (Lipinski definition) is 1. The number of thiazole rings is 1. The Labute approximate surface area is 301 Å². The van der Waals surface area contributed by atoms with E-state index < -0.39 is 36.0 Å². The summed E-state index contributed by atoms with van der Waals surface area (Å²) < 4.78 is 42.4. The molecule has 7 nitrogen and oxygen atoms in total. The molecule has 7 unspecified atom stereocenters. The van der Waals surface area contributed by atoms with Gasteiger partial charge in [0.05, 0.1) is 33.8 Å². The fourth-order valence-corrected chi connectivity index (χ4v) is 12.1. The number of halogens is 3. The summed E-state index contributed by atoms with van der Waals surface area (Å²) in [5, 5.41) is 2.87. The molecule has 3 amide bonds. The molecule has 0 radical (unpaired) electrons. The summed E-state index contributed by atoms with van der Waals surface area (Å²) >= 11 is 2.53. The molecule has 12 heteroatoms. The number of rotatable bonds is 5. The Morgan fingerprint density at radius 2 is 1.53 bits per heavy atom. The number of aryl methyl sites for hydroxylation is 1. The van der Waals surface area contributed by atoms with E-state index in [2.05, 4.69) is 50.4 Å². The van der Waals surface area contributed by atoms with E-state index in [4.69, 9.17) is 0 Å². The van der Waals surface area contributed by atoms with E-state index >= 15 is 0 Å². The highest BCUT2D eigenvalue weighted by molar-refractivity contribution is 8.00. The van der Waals surface area contributed by atoms with E-state index in [9.17, 15) is 32.3 Å². The van der Waals surface area contributed by atoms with Crippen LogP contribution in [-0.2, 0) is 32.5 Å². The molecule has 51 heavy (non-hydrogen) atoms. The van der Waals surface area contributed by atoms with Crippen LogP contribution < -0.4 is 15.1 Å². The quantitative estimate of drug-likeness (QED) is 0.211. The first-order chi connectivity index (χ1) is 24.1. The summed E-state index contributed by atoms with van der Waals surface area (Å²) in [7, 11) is 0. The van der Waals surface area contributed by atoms with Crippen LogP contribution in [0.25, 0.3) is 0 Å². The van der Waals surface area contributed by atoms with Crippen LogP contribution in [-0.4, -0.2) is 27.5 Å². The van der Waals surface area contributed by atoms with Crippen LogP contribution in [0.4, 0.5) is 24.5 Å². The lowest BCUT2D eigenvalue weighted by Gasteiger charge is -2.43. The number of hydrogen-bond acceptors (Lipinski definition) is 6. The molecule has 4 aliphatic rings. The maximum absolute atomic E-state index is 14.1. The fourth-order valence-electron chi connectivity index (χ4n) is 8.94. The molecule has 1 saturated heterocycles. The van der Waals surface area contributed by atoms with E-state index in [-0.39, 0.29) is 56.7 Å². The minimum atomic E-state index is -4.67. The molecule has 3 heterocycles. The average molecular weight is 732 g/mol. The normalized spacial score (nSPS) is 26.6. The maximum atomic E-state index is 14.1. The lowest BCUT2D eigenvalue weighted by Crippen LogP contribution is -2.43. The predicted octanol–water partition coefficient (Wildman–Crippen LogP) is 7.85. The Balaban J connectivity index is 1.18. The second-order valence-corrected chi connectivity index (χ2v) is 17.3. The summed E-state index contributed by atoms with van der Waals surface area (Å²) in [4.78, 5) is 57.0. The molecule has 4 aromatic rings. The van der Waals surface area contributed by atoms with Gasteiger partial charge in [-0.15, -0.1) is 11.8 Å². The number of aromatic nitrogens is 1. The number of benzene rings is 3. The highest BCUT2D eigenvalue weighted by Gasteiger charge is 2.70. The van der Waals surface area contributed by atoms with Gasteiger partial charge in [0, 0.05) is 16.0 Å². The van der Waals surface area contributed by atoms with Crippen molar-refractivity contribution in [1.29, 1.82) is 0 Å². The van der Waals surface area contributed by atoms with Crippen molar-refractivity contribution in [3.63, 3.8) is 0 Å². The number of anilines is 2. The third-order valence-corrected chi connectivity index (χ3v) is 14.0. The van der Waals surface area contributed by atoms with Gasteiger partial charge in [-0.05, 0) is 71.9 Å². The summed E-state index contributed by atoms with van der Waals surface area (Å²) in [5.41, 5.74) is 2.30. The van der Waals surface area contributed by atoms with Gasteiger partial charge in [0.25, 0.3) is 0 Å². The van der Waals surface area contributed by atoms with Crippen LogP contribution in [0.5, 0.6) is 0 Å². The molecular formula is C39H36F3N3O4S2. The number of imide groups is 1. The maximum Gasteiger partial charge on any atom is 0.418 e. The number of thioether (sulfide) groups is 1. The minimum absolute atomic E-state index is 0.0389. The molecule has 264 valence electrons. The monoisotopic (exact) mass is 731 g/mol. The van der Waals surface area contributed by atoms with Gasteiger partial charge >= 0.3 is 11.0 Å². The largest absolute Gasteiger partial charge is 0.418 e. The second kappa shape index (κ2) is 11.9. The lowest BCUT2D eigenvalue weighted by molar-refractivity contribution is -0.137. The standard InChI is InChI=1S/C39H36F3N3O4S2/c1-19-9-15-22(16-10-19)45-34(47)30-23-17-24(31(30)35(45)48)32-29(23)28(20-11-13-21(14-12-20)38(2,3)4)33-36(50-32)44(37(49)51-33)18-27(46)43-26-8-6-5-7-25(26)39(40,41)42/h5-16,23-24,28-32H,17-18H2,1-4H3,(H,43,46). The van der Waals surface area contributed by atoms with Gasteiger partial charge < -0.3 is 5.32 Å². The molecule has 2 bridgehead atoms. The first-order valence-corrected chi connectivity index (χ1v) is 18.7. The Kier molecular flexibility index (Phi) is 7.95. The molecule has 7 atom stereocenters. The Hall–Kier alpha value is -4.16. The topological polar surface area (TPSA) is 88.5 Å². The van der Waals surface area contributed by atoms with Crippen molar-refractivity contribution in [3.8, 4) is 0 Å². The van der Waals surface area contributed by atoms with E-state index in [1.807, 2.05) is 31.2 Å². The summed E-state index contributed by atoms with van der Waals surface area (Å²) in [6.07, 6.45) is -3.96. The highest BCUT2D eigenvalue weighted by atomic mass is 32.2. The van der Waals surface area contributed by atoms with Gasteiger partial charge in [-0.1, -0.05) is 86.2 Å². The molecule has 0 spiro atoms. The zero-order chi connectivity index (χ0) is 36.1. The van der Waals surface area contributed by atoms with Crippen molar-refractivity contribution in [2.75, 3.05) is 10.2 Å². The number of carbonyl (C=O) groups is 3. The fraction of sp³-hybridized carbons (Fsp3) is 0.385. The number of fused-ring (bicyclic) bond motifs is 9. The Morgan fingerprint density at radius 3 is 2.18 bits per heavy atom. The lowest BCUT2D eigenvalue weighted by atomic mass is 9.68. The second-order valence-electron chi connectivity index (χ2n) is 15.2. The zero-order valence-electron chi connectivity index (χ0n) is 28.4. The molecule has 8 rings (SSSR count). The molecular weight excluding hydrogens is 696 g/mol. The number of carbonyl (C=O) groups excluding carboxylic acids is 3. The van der Waals surface area contributed by atoms with Crippen molar-refractivity contribution in [2.24, 2.45) is 29.6 Å². The molecule has 2 aliphatic carbocycles. The third kappa shape index (κ3) is 5.48. The summed E-state index contributed by atoms with van der Waals surface area (Å²) in [6, 6.07) is 20.5. The van der Waals surface area contributed by atoms with Crippen LogP contribution in [0.1, 0.15) is 60.2 Å². The number of alkyl halides is 3. The number of amides is 3. The molecule has 1 aromatic heterocycles. The van der Waals surface area contributed by atoms with Crippen LogP contribution >= 0.6 is 23.1 Å². The SMILES string of the molecule is Cc1ccc(N2C(=O)C3C4CC(C3C2=O)C2C(c3ccc(C(C)(C)C)cc3)c3sc(=O)n(CC(=O)Nc5ccccc5C(F)(F)F)c3SC42)cc1. The first-order valence-electron chi connectivity index (χ1n) is 17.0. The smallest absolute Gasteiger partial charge is 0.324 e. The molecule has 3 aromatic carbocycles. The molecule has 1 N–H and O–H groups in total. The zero-order valence-corrected chi connectivity index (χ0v) is 30.0. The molecule has 2 aliphatic heterocycles. The van der Waals surface area contributed by atoms with Gasteiger partial charge in [-0.2, -0.15) is 13.2 Å². The van der Waals surface area contributed by atoms with Crippen molar-refractivity contribution < 1.29 is 27.6 Å². The summed E-state index contributed by atoms with van der Waals surface area (Å²) in [6.45, 7) is 7.89. The van der Waals surface area contributed by atoms with Crippen molar-refractivity contribution in [2.45, 2.75) is 68.4 Å². The van der Waals surface area contributed by atoms with Crippen molar-refractivity contribution in [3.05, 3.63) is 110 Å². The summed E-state index contributed by atoms with van der Waals surface area (Å²) in [5.74, 6) is -2.56. The van der Waals surface area contributed by atoms with Gasteiger partial charge in [-0.25, -0.2) is 0 Å². The van der Waals surface area contributed by atoms with Crippen LogP contribution in [0.2, 0.25) is 0 Å². The highest BCUT2D eigenvalue weighted by Crippen LogP contribution is 2.69. The van der Waals surface area contributed by atoms with Crippen LogP contribution in [0, 0.1) is 36.5 Å². The molecule has 2 saturated carbocycles. The van der Waals surface area contributed by atoms with E-state index in [1.54, 1.807) is 0 Å². The number of para-hydroxylation sites is 1. The van der Waals surface area contributed by atoms with E-state index in [0.29, 0.717) is 17.1 Å². The van der Waals surface area contributed by atoms with Crippen molar-refractivity contribution in [1.82, 2.24) is 4.57 Å².